The number of nitrogens with zero attached hydrogens (tertiary/aromatic N) is 2. The Bertz CT molecular complexity index is 506. The van der Waals surface area contributed by atoms with Gasteiger partial charge in [0, 0.05) is 31.5 Å². The summed E-state index contributed by atoms with van der Waals surface area (Å²) in [5.41, 5.74) is 1.28. The predicted octanol–water partition coefficient (Wildman–Crippen LogP) is 1.59. The first-order chi connectivity index (χ1) is 10.6. The quantitative estimate of drug-likeness (QED) is 0.918. The van der Waals surface area contributed by atoms with Crippen LogP contribution in [-0.2, 0) is 16.1 Å². The molecule has 120 valence electrons. The molecule has 2 aliphatic heterocycles. The number of carbonyl (C=O) groups excluding carboxylic acids is 1. The molecule has 0 spiro atoms. The van der Waals surface area contributed by atoms with Crippen molar-refractivity contribution in [2.45, 2.75) is 51.5 Å². The Hall–Kier alpha value is -1.46. The molecule has 5 nitrogen and oxygen atoms in total. The lowest BCUT2D eigenvalue weighted by molar-refractivity contribution is -0.133. The summed E-state index contributed by atoms with van der Waals surface area (Å²) in [4.78, 5) is 18.6. The molecule has 1 aromatic heterocycles. The highest BCUT2D eigenvalue weighted by Gasteiger charge is 2.41. The fraction of sp³-hybridized carbons (Fsp3) is 0.647. The molecule has 0 unspecified atom stereocenters. The lowest BCUT2D eigenvalue weighted by atomic mass is 9.91. The van der Waals surface area contributed by atoms with Gasteiger partial charge in [-0.3, -0.25) is 14.7 Å². The molecular formula is C17H25N3O2. The fourth-order valence-electron chi connectivity index (χ4n) is 3.43. The average Bonchev–Trinajstić information content (AvgIpc) is 2.91. The minimum absolute atomic E-state index is 0.0464. The van der Waals surface area contributed by atoms with Crippen molar-refractivity contribution in [3.05, 3.63) is 30.1 Å². The Balaban J connectivity index is 1.54. The first kappa shape index (κ1) is 15.4. The van der Waals surface area contributed by atoms with Crippen molar-refractivity contribution in [1.29, 1.82) is 0 Å². The van der Waals surface area contributed by atoms with E-state index >= 15 is 0 Å². The molecule has 22 heavy (non-hydrogen) atoms. The maximum absolute atomic E-state index is 12.1. The zero-order chi connectivity index (χ0) is 15.5. The summed E-state index contributed by atoms with van der Waals surface area (Å²) in [6.45, 7) is 6.88. The molecule has 2 aliphatic rings. The highest BCUT2D eigenvalue weighted by molar-refractivity contribution is 5.81. The lowest BCUT2D eigenvalue weighted by Gasteiger charge is -2.34. The molecule has 3 rings (SSSR count). The van der Waals surface area contributed by atoms with E-state index < -0.39 is 0 Å². The van der Waals surface area contributed by atoms with Crippen molar-refractivity contribution in [3.8, 4) is 0 Å². The first-order valence-corrected chi connectivity index (χ1v) is 8.19. The number of carbonyl (C=O) groups is 1. The number of piperidine rings is 1. The van der Waals surface area contributed by atoms with Gasteiger partial charge < -0.3 is 10.1 Å². The van der Waals surface area contributed by atoms with Gasteiger partial charge in [-0.25, -0.2) is 0 Å². The third kappa shape index (κ3) is 3.65. The van der Waals surface area contributed by atoms with Gasteiger partial charge in [0.2, 0.25) is 5.91 Å². The van der Waals surface area contributed by atoms with Crippen LogP contribution in [0.15, 0.2) is 24.5 Å². The largest absolute Gasteiger partial charge is 0.364 e. The Morgan fingerprint density at radius 3 is 2.95 bits per heavy atom. The third-order valence-corrected chi connectivity index (χ3v) is 4.51. The Labute approximate surface area is 132 Å². The predicted molar refractivity (Wildman–Crippen MR) is 84.2 cm³/mol. The van der Waals surface area contributed by atoms with E-state index in [-0.39, 0.29) is 24.2 Å². The Morgan fingerprint density at radius 2 is 2.23 bits per heavy atom. The Morgan fingerprint density at radius 1 is 1.45 bits per heavy atom. The number of hydrogen-bond donors (Lipinski definition) is 1. The minimum Gasteiger partial charge on any atom is -0.364 e. The average molecular weight is 303 g/mol. The molecule has 3 atom stereocenters. The number of pyridine rings is 1. The van der Waals surface area contributed by atoms with E-state index in [2.05, 4.69) is 27.3 Å². The van der Waals surface area contributed by atoms with E-state index in [9.17, 15) is 4.79 Å². The second kappa shape index (κ2) is 6.75. The van der Waals surface area contributed by atoms with Gasteiger partial charge in [0.15, 0.2) is 0 Å². The van der Waals surface area contributed by atoms with Crippen LogP contribution in [0.1, 0.15) is 32.3 Å². The zero-order valence-corrected chi connectivity index (χ0v) is 13.4. The molecule has 0 saturated carbocycles. The lowest BCUT2D eigenvalue weighted by Crippen LogP contribution is -2.42. The van der Waals surface area contributed by atoms with Crippen LogP contribution in [0.2, 0.25) is 0 Å². The molecule has 0 bridgehead atoms. The van der Waals surface area contributed by atoms with Crippen LogP contribution in [0.3, 0.4) is 0 Å². The number of rotatable bonds is 4. The van der Waals surface area contributed by atoms with E-state index in [1.54, 1.807) is 0 Å². The molecule has 1 amide bonds. The van der Waals surface area contributed by atoms with Crippen molar-refractivity contribution in [1.82, 2.24) is 15.2 Å². The van der Waals surface area contributed by atoms with Crippen LogP contribution in [0.5, 0.6) is 0 Å². The number of hydrogen-bond acceptors (Lipinski definition) is 4. The van der Waals surface area contributed by atoms with Gasteiger partial charge in [-0.05, 0) is 56.8 Å². The molecule has 1 aromatic rings. The van der Waals surface area contributed by atoms with Gasteiger partial charge in [-0.2, -0.15) is 0 Å². The second-order valence-electron chi connectivity index (χ2n) is 6.70. The second-order valence-corrected chi connectivity index (χ2v) is 6.70. The number of likely N-dealkylation sites (tertiary alicyclic amines) is 1. The van der Waals surface area contributed by atoms with Gasteiger partial charge >= 0.3 is 0 Å². The van der Waals surface area contributed by atoms with Gasteiger partial charge in [0.05, 0.1) is 6.10 Å². The van der Waals surface area contributed by atoms with Gasteiger partial charge in [0.1, 0.15) is 6.10 Å². The van der Waals surface area contributed by atoms with Crippen LogP contribution < -0.4 is 5.32 Å². The highest BCUT2D eigenvalue weighted by Crippen LogP contribution is 2.33. The number of aromatic nitrogens is 1. The van der Waals surface area contributed by atoms with Crippen molar-refractivity contribution in [2.75, 3.05) is 13.1 Å². The summed E-state index contributed by atoms with van der Waals surface area (Å²) in [7, 11) is 0. The molecule has 3 heterocycles. The number of nitrogens with one attached hydrogen (secondary N) is 1. The van der Waals surface area contributed by atoms with Crippen LogP contribution in [0, 0.1) is 5.92 Å². The van der Waals surface area contributed by atoms with E-state index in [4.69, 9.17) is 4.74 Å². The molecule has 2 fully saturated rings. The number of amides is 1. The highest BCUT2D eigenvalue weighted by atomic mass is 16.5. The maximum Gasteiger partial charge on any atom is 0.249 e. The molecule has 0 aromatic carbocycles. The third-order valence-electron chi connectivity index (χ3n) is 4.51. The smallest absolute Gasteiger partial charge is 0.249 e. The van der Waals surface area contributed by atoms with Crippen molar-refractivity contribution < 1.29 is 9.53 Å². The van der Waals surface area contributed by atoms with E-state index in [0.29, 0.717) is 5.92 Å². The van der Waals surface area contributed by atoms with Crippen molar-refractivity contribution in [3.63, 3.8) is 0 Å². The molecule has 1 N–H and O–H groups in total. The maximum atomic E-state index is 12.1. The van der Waals surface area contributed by atoms with Gasteiger partial charge in [0.25, 0.3) is 0 Å². The molecule has 5 heteroatoms. The Kier molecular flexibility index (Phi) is 4.74. The summed E-state index contributed by atoms with van der Waals surface area (Å²) in [6.07, 6.45) is 5.57. The summed E-state index contributed by atoms with van der Waals surface area (Å²) >= 11 is 0. The fourth-order valence-corrected chi connectivity index (χ4v) is 3.43. The van der Waals surface area contributed by atoms with Gasteiger partial charge in [-0.1, -0.05) is 0 Å². The topological polar surface area (TPSA) is 54.5 Å². The van der Waals surface area contributed by atoms with Crippen LogP contribution in [-0.4, -0.2) is 47.1 Å². The summed E-state index contributed by atoms with van der Waals surface area (Å²) in [5, 5.41) is 2.96. The summed E-state index contributed by atoms with van der Waals surface area (Å²) < 4.78 is 6.03. The zero-order valence-electron chi connectivity index (χ0n) is 13.4. The SMILES string of the molecule is CC(C)NC(=O)[C@H]1C[C@@H]2CCN(Cc3ccncc3)C[C@@H]2O1. The molecule has 0 aliphatic carbocycles. The minimum atomic E-state index is -0.265. The van der Waals surface area contributed by atoms with Crippen molar-refractivity contribution >= 4 is 5.91 Å². The summed E-state index contributed by atoms with van der Waals surface area (Å²) in [5.74, 6) is 0.571. The van der Waals surface area contributed by atoms with Gasteiger partial charge in [-0.15, -0.1) is 0 Å². The van der Waals surface area contributed by atoms with Crippen LogP contribution in [0.25, 0.3) is 0 Å². The van der Waals surface area contributed by atoms with E-state index in [1.807, 2.05) is 26.2 Å². The monoisotopic (exact) mass is 303 g/mol. The number of fused-ring (bicyclic) bond motifs is 1. The van der Waals surface area contributed by atoms with Crippen molar-refractivity contribution in [2.24, 2.45) is 5.92 Å². The first-order valence-electron chi connectivity index (χ1n) is 8.19. The molecule has 0 radical (unpaired) electrons. The summed E-state index contributed by atoms with van der Waals surface area (Å²) in [6, 6.07) is 4.28. The molecular weight excluding hydrogens is 278 g/mol. The standard InChI is InChI=1S/C17H25N3O2/c1-12(2)19-17(21)15-9-14-5-8-20(11-16(14)22-15)10-13-3-6-18-7-4-13/h3-4,6-7,12,14-16H,5,8-11H2,1-2H3,(H,19,21)/t14-,15+,16-/m0/s1. The van der Waals surface area contributed by atoms with Crippen LogP contribution in [0.4, 0.5) is 0 Å². The normalized spacial score (nSPS) is 28.6. The molecule has 2 saturated heterocycles. The van der Waals surface area contributed by atoms with E-state index in [0.717, 1.165) is 32.5 Å². The van der Waals surface area contributed by atoms with Crippen LogP contribution >= 0.6 is 0 Å². The number of ether oxygens (including phenoxy) is 1. The van der Waals surface area contributed by atoms with E-state index in [1.165, 1.54) is 5.56 Å².